The number of amides is 1. The summed E-state index contributed by atoms with van der Waals surface area (Å²) in [6.45, 7) is 4.06. The number of carbonyl (C=O) groups excluding carboxylic acids is 1. The first-order chi connectivity index (χ1) is 6.82. The minimum Gasteiger partial charge on any atom is -0.480 e. The third-order valence-electron chi connectivity index (χ3n) is 1.80. The van der Waals surface area contributed by atoms with Gasteiger partial charge in [0.1, 0.15) is 6.04 Å². The van der Waals surface area contributed by atoms with Crippen molar-refractivity contribution >= 4 is 11.9 Å². The Balaban J connectivity index is 4.16. The fraction of sp³-hybridized carbons (Fsp3) is 0.800. The molecule has 0 aliphatic carbocycles. The second kappa shape index (κ2) is 6.40. The van der Waals surface area contributed by atoms with Crippen molar-refractivity contribution in [3.05, 3.63) is 0 Å². The summed E-state index contributed by atoms with van der Waals surface area (Å²) in [5, 5.41) is 11.4. The molecule has 5 heteroatoms. The van der Waals surface area contributed by atoms with Crippen LogP contribution in [0.2, 0.25) is 0 Å². The number of aliphatic carboxylic acids is 1. The standard InChI is InChI=1S/C10H20N2O3/c1-7(2)5-8(10(14)15)11-9(13)6-12(3)4/h7-8H,5-6H2,1-4H3,(H,11,13)(H,14,15)/t8-/m0/s1. The average molecular weight is 216 g/mol. The molecule has 2 N–H and O–H groups in total. The number of hydrogen-bond acceptors (Lipinski definition) is 3. The van der Waals surface area contributed by atoms with E-state index in [0.717, 1.165) is 0 Å². The molecule has 0 aliphatic heterocycles. The van der Waals surface area contributed by atoms with E-state index in [0.29, 0.717) is 6.42 Å². The highest BCUT2D eigenvalue weighted by molar-refractivity contribution is 5.84. The molecule has 1 amide bonds. The molecular weight excluding hydrogens is 196 g/mol. The lowest BCUT2D eigenvalue weighted by atomic mass is 10.0. The molecule has 0 bridgehead atoms. The van der Waals surface area contributed by atoms with E-state index in [-0.39, 0.29) is 18.4 Å². The zero-order valence-electron chi connectivity index (χ0n) is 9.78. The number of rotatable bonds is 6. The predicted octanol–water partition coefficient (Wildman–Crippen LogP) is 0.164. The van der Waals surface area contributed by atoms with Gasteiger partial charge in [-0.1, -0.05) is 13.8 Å². The quantitative estimate of drug-likeness (QED) is 0.663. The molecular formula is C10H20N2O3. The van der Waals surface area contributed by atoms with Crippen molar-refractivity contribution in [3.63, 3.8) is 0 Å². The van der Waals surface area contributed by atoms with Crippen LogP contribution in [-0.4, -0.2) is 48.6 Å². The summed E-state index contributed by atoms with van der Waals surface area (Å²) in [7, 11) is 3.52. The maximum absolute atomic E-state index is 11.3. The van der Waals surface area contributed by atoms with Gasteiger partial charge in [-0.25, -0.2) is 4.79 Å². The summed E-state index contributed by atoms with van der Waals surface area (Å²) in [4.78, 5) is 23.9. The lowest BCUT2D eigenvalue weighted by Crippen LogP contribution is -2.44. The maximum Gasteiger partial charge on any atom is 0.326 e. The number of likely N-dealkylation sites (N-methyl/N-ethyl adjacent to an activating group) is 1. The smallest absolute Gasteiger partial charge is 0.326 e. The first-order valence-electron chi connectivity index (χ1n) is 4.99. The van der Waals surface area contributed by atoms with Gasteiger partial charge in [0.25, 0.3) is 0 Å². The molecule has 0 unspecified atom stereocenters. The Hall–Kier alpha value is -1.10. The van der Waals surface area contributed by atoms with E-state index in [2.05, 4.69) is 5.32 Å². The number of carboxylic acid groups (broad SMARTS) is 1. The van der Waals surface area contributed by atoms with E-state index in [1.165, 1.54) is 0 Å². The molecule has 0 aliphatic rings. The molecule has 0 aromatic carbocycles. The summed E-state index contributed by atoms with van der Waals surface area (Å²) in [5.41, 5.74) is 0. The van der Waals surface area contributed by atoms with Crippen LogP contribution in [0.1, 0.15) is 20.3 Å². The first kappa shape index (κ1) is 13.9. The van der Waals surface area contributed by atoms with Crippen molar-refractivity contribution in [2.45, 2.75) is 26.3 Å². The molecule has 1 atom stereocenters. The van der Waals surface area contributed by atoms with Gasteiger partial charge in [0.05, 0.1) is 6.54 Å². The molecule has 0 aromatic rings. The van der Waals surface area contributed by atoms with Crippen LogP contribution in [0.25, 0.3) is 0 Å². The van der Waals surface area contributed by atoms with Crippen LogP contribution < -0.4 is 5.32 Å². The Morgan fingerprint density at radius 3 is 2.20 bits per heavy atom. The summed E-state index contributed by atoms with van der Waals surface area (Å²) in [6.07, 6.45) is 0.453. The molecule has 0 rings (SSSR count). The highest BCUT2D eigenvalue weighted by Crippen LogP contribution is 2.04. The third-order valence-corrected chi connectivity index (χ3v) is 1.80. The summed E-state index contributed by atoms with van der Waals surface area (Å²) in [6, 6.07) is -0.780. The van der Waals surface area contributed by atoms with Crippen LogP contribution >= 0.6 is 0 Å². The van der Waals surface area contributed by atoms with Crippen LogP contribution in [0, 0.1) is 5.92 Å². The largest absolute Gasteiger partial charge is 0.480 e. The molecule has 15 heavy (non-hydrogen) atoms. The highest BCUT2D eigenvalue weighted by atomic mass is 16.4. The number of carbonyl (C=O) groups is 2. The van der Waals surface area contributed by atoms with Crippen LogP contribution in [0.4, 0.5) is 0 Å². The predicted molar refractivity (Wildman–Crippen MR) is 57.6 cm³/mol. The fourth-order valence-corrected chi connectivity index (χ4v) is 1.22. The van der Waals surface area contributed by atoms with E-state index >= 15 is 0 Å². The van der Waals surface area contributed by atoms with E-state index in [1.807, 2.05) is 13.8 Å². The number of nitrogens with one attached hydrogen (secondary N) is 1. The van der Waals surface area contributed by atoms with E-state index in [4.69, 9.17) is 5.11 Å². The van der Waals surface area contributed by atoms with Gasteiger partial charge in [-0.2, -0.15) is 0 Å². The van der Waals surface area contributed by atoms with Crippen molar-refractivity contribution in [1.82, 2.24) is 10.2 Å². The van der Waals surface area contributed by atoms with Crippen molar-refractivity contribution in [2.75, 3.05) is 20.6 Å². The van der Waals surface area contributed by atoms with Crippen LogP contribution in [0.3, 0.4) is 0 Å². The summed E-state index contributed by atoms with van der Waals surface area (Å²) < 4.78 is 0. The summed E-state index contributed by atoms with van der Waals surface area (Å²) in [5.74, 6) is -0.991. The molecule has 5 nitrogen and oxygen atoms in total. The molecule has 0 fully saturated rings. The van der Waals surface area contributed by atoms with Gasteiger partial charge < -0.3 is 15.3 Å². The van der Waals surface area contributed by atoms with Crippen molar-refractivity contribution in [1.29, 1.82) is 0 Å². The number of nitrogens with zero attached hydrogens (tertiary/aromatic N) is 1. The van der Waals surface area contributed by atoms with Gasteiger partial charge in [-0.15, -0.1) is 0 Å². The Morgan fingerprint density at radius 1 is 1.33 bits per heavy atom. The van der Waals surface area contributed by atoms with Gasteiger partial charge in [0.15, 0.2) is 0 Å². The second-order valence-electron chi connectivity index (χ2n) is 4.33. The summed E-state index contributed by atoms with van der Waals surface area (Å²) >= 11 is 0. The van der Waals surface area contributed by atoms with Crippen molar-refractivity contribution < 1.29 is 14.7 Å². The Bertz CT molecular complexity index is 227. The molecule has 0 radical (unpaired) electrons. The average Bonchev–Trinajstić information content (AvgIpc) is 1.99. The molecule has 0 spiro atoms. The zero-order valence-corrected chi connectivity index (χ0v) is 9.78. The van der Waals surface area contributed by atoms with Gasteiger partial charge in [0.2, 0.25) is 5.91 Å². The Morgan fingerprint density at radius 2 is 1.87 bits per heavy atom. The van der Waals surface area contributed by atoms with Gasteiger partial charge in [-0.3, -0.25) is 4.79 Å². The van der Waals surface area contributed by atoms with E-state index in [1.54, 1.807) is 19.0 Å². The van der Waals surface area contributed by atoms with Crippen LogP contribution in [0.5, 0.6) is 0 Å². The van der Waals surface area contributed by atoms with Gasteiger partial charge >= 0.3 is 5.97 Å². The molecule has 0 aromatic heterocycles. The SMILES string of the molecule is CC(C)C[C@H](NC(=O)CN(C)C)C(=O)O. The van der Waals surface area contributed by atoms with E-state index < -0.39 is 12.0 Å². The van der Waals surface area contributed by atoms with Crippen LogP contribution in [0.15, 0.2) is 0 Å². The van der Waals surface area contributed by atoms with Crippen LogP contribution in [-0.2, 0) is 9.59 Å². The monoisotopic (exact) mass is 216 g/mol. The normalized spacial score (nSPS) is 12.9. The molecule has 0 heterocycles. The number of hydrogen-bond donors (Lipinski definition) is 2. The first-order valence-corrected chi connectivity index (χ1v) is 4.99. The lowest BCUT2D eigenvalue weighted by molar-refractivity contribution is -0.142. The minimum absolute atomic E-state index is 0.210. The third kappa shape index (κ3) is 6.90. The van der Waals surface area contributed by atoms with Gasteiger partial charge in [0, 0.05) is 0 Å². The minimum atomic E-state index is -0.976. The fourth-order valence-electron chi connectivity index (χ4n) is 1.22. The number of carboxylic acids is 1. The zero-order chi connectivity index (χ0) is 12.0. The van der Waals surface area contributed by atoms with E-state index in [9.17, 15) is 9.59 Å². The molecule has 88 valence electrons. The van der Waals surface area contributed by atoms with Gasteiger partial charge in [-0.05, 0) is 26.4 Å². The van der Waals surface area contributed by atoms with Crippen molar-refractivity contribution in [2.24, 2.45) is 5.92 Å². The highest BCUT2D eigenvalue weighted by Gasteiger charge is 2.20. The topological polar surface area (TPSA) is 69.6 Å². The lowest BCUT2D eigenvalue weighted by Gasteiger charge is -2.17. The Kier molecular flexibility index (Phi) is 5.93. The van der Waals surface area contributed by atoms with Crippen molar-refractivity contribution in [3.8, 4) is 0 Å². The maximum atomic E-state index is 11.3. The molecule has 0 saturated heterocycles. The Labute approximate surface area is 90.5 Å². The second-order valence-corrected chi connectivity index (χ2v) is 4.33. The molecule has 0 saturated carbocycles.